The summed E-state index contributed by atoms with van der Waals surface area (Å²) in [6.45, 7) is 31.1. The minimum absolute atomic E-state index is 0.398. The van der Waals surface area contributed by atoms with Crippen molar-refractivity contribution >= 4 is 0 Å². The van der Waals surface area contributed by atoms with Gasteiger partial charge in [-0.25, -0.2) is 0 Å². The molecule has 9 rings (SSSR count). The van der Waals surface area contributed by atoms with Crippen LogP contribution in [-0.4, -0.2) is 115 Å². The van der Waals surface area contributed by atoms with Crippen molar-refractivity contribution in [3.05, 3.63) is 0 Å². The van der Waals surface area contributed by atoms with E-state index in [0.29, 0.717) is 96.2 Å². The first-order valence-electron chi connectivity index (χ1n) is 19.0. The largest absolute Gasteiger partial charge is 0.381 e. The number of fused-ring (bicyclic) bond motifs is 4. The summed E-state index contributed by atoms with van der Waals surface area (Å²) in [5.41, 5.74) is 0. The Morgan fingerprint density at radius 3 is 0.468 bits per heavy atom. The second-order valence-corrected chi connectivity index (χ2v) is 16.7. The molecular weight excluding hydrogens is 600 g/mol. The van der Waals surface area contributed by atoms with Crippen LogP contribution in [0.15, 0.2) is 0 Å². The highest BCUT2D eigenvalue weighted by molar-refractivity contribution is 4.92. The number of rotatable bonds is 0. The molecule has 9 heteroatoms. The molecule has 0 N–H and O–H groups in total. The quantitative estimate of drug-likeness (QED) is 0.332. The van der Waals surface area contributed by atoms with Crippen LogP contribution < -0.4 is 0 Å². The SMILES string of the molecule is C[C@@H]1COC[C@H]1C.C[C@@H]1CO[C@@H]2[C@H]1OC[C@@H]2C.C[C@@H]1CO[C@H]2[C@@H]1OC[C@@H]2C.C[C@@H]1CO[C@H]2[C@@H]1OC[C@H]2C.C[C@H]1CO[C@@H]2[C@H]1OC[C@@H]2C. The van der Waals surface area contributed by atoms with Crippen LogP contribution in [0, 0.1) is 59.2 Å². The van der Waals surface area contributed by atoms with E-state index in [9.17, 15) is 0 Å². The monoisotopic (exact) mass is 668 g/mol. The van der Waals surface area contributed by atoms with E-state index in [4.69, 9.17) is 42.6 Å². The zero-order chi connectivity index (χ0) is 33.8. The smallest absolute Gasteiger partial charge is 0.0887 e. The molecule has 0 aromatic rings. The lowest BCUT2D eigenvalue weighted by molar-refractivity contribution is 0.0627. The molecule has 0 radical (unpaired) electrons. The number of hydrogen-bond acceptors (Lipinski definition) is 9. The van der Waals surface area contributed by atoms with Crippen molar-refractivity contribution in [3.63, 3.8) is 0 Å². The zero-order valence-corrected chi connectivity index (χ0v) is 31.1. The predicted molar refractivity (Wildman–Crippen MR) is 180 cm³/mol. The molecule has 0 aromatic carbocycles. The summed E-state index contributed by atoms with van der Waals surface area (Å²) >= 11 is 0. The van der Waals surface area contributed by atoms with Crippen LogP contribution >= 0.6 is 0 Å². The van der Waals surface area contributed by atoms with E-state index in [1.807, 2.05) is 0 Å². The Kier molecular flexibility index (Phi) is 13.9. The van der Waals surface area contributed by atoms with Crippen molar-refractivity contribution in [2.24, 2.45) is 59.2 Å². The van der Waals surface area contributed by atoms with Gasteiger partial charge < -0.3 is 42.6 Å². The van der Waals surface area contributed by atoms with E-state index in [-0.39, 0.29) is 0 Å². The Hall–Kier alpha value is -0.360. The maximum atomic E-state index is 5.58. The van der Waals surface area contributed by atoms with Crippen molar-refractivity contribution < 1.29 is 42.6 Å². The van der Waals surface area contributed by atoms with Gasteiger partial charge in [0.1, 0.15) is 0 Å². The highest BCUT2D eigenvalue weighted by Gasteiger charge is 2.46. The van der Waals surface area contributed by atoms with Crippen molar-refractivity contribution in [1.29, 1.82) is 0 Å². The summed E-state index contributed by atoms with van der Waals surface area (Å²) in [5, 5.41) is 0. The standard InChI is InChI=1S/4C8H14O2.C6H12O/c4*1-5-3-9-8-6(2)4-10-7(5)8;1-5-3-7-4-6(5)2/h4*5-8H,3-4H2,1-2H3;5-6H,3-4H2,1-2H3/t2*5-,6+,7-,8-;2*5-,6-,7-,8-;5-,6-/m10101/s1. The fourth-order valence-electron chi connectivity index (χ4n) is 8.29. The molecule has 0 unspecified atom stereocenters. The van der Waals surface area contributed by atoms with E-state index in [1.54, 1.807) is 0 Å². The summed E-state index contributed by atoms with van der Waals surface area (Å²) in [7, 11) is 0. The molecule has 9 aliphatic rings. The highest BCUT2D eigenvalue weighted by atomic mass is 16.6. The third-order valence-electron chi connectivity index (χ3n) is 11.9. The first-order chi connectivity index (χ1) is 22.5. The second kappa shape index (κ2) is 17.2. The van der Waals surface area contributed by atoms with Gasteiger partial charge in [0.05, 0.1) is 102 Å². The van der Waals surface area contributed by atoms with E-state index in [2.05, 4.69) is 69.2 Å². The maximum Gasteiger partial charge on any atom is 0.0887 e. The van der Waals surface area contributed by atoms with Crippen LogP contribution in [0.2, 0.25) is 0 Å². The first kappa shape index (κ1) is 37.9. The first-order valence-corrected chi connectivity index (χ1v) is 19.0. The lowest BCUT2D eigenvalue weighted by Gasteiger charge is -2.10. The summed E-state index contributed by atoms with van der Waals surface area (Å²) in [4.78, 5) is 0. The molecule has 9 aliphatic heterocycles. The van der Waals surface area contributed by atoms with E-state index in [0.717, 1.165) is 77.9 Å². The molecule has 0 aliphatic carbocycles. The number of ether oxygens (including phenoxy) is 9. The predicted octanol–water partition coefficient (Wildman–Crippen LogP) is 5.51. The van der Waals surface area contributed by atoms with Gasteiger partial charge in [-0.05, 0) is 11.8 Å². The van der Waals surface area contributed by atoms with E-state index in [1.165, 1.54) is 0 Å². The zero-order valence-electron chi connectivity index (χ0n) is 31.1. The molecule has 0 aromatic heterocycles. The van der Waals surface area contributed by atoms with Crippen molar-refractivity contribution in [2.45, 2.75) is 118 Å². The van der Waals surface area contributed by atoms with Crippen LogP contribution in [-0.2, 0) is 42.6 Å². The van der Waals surface area contributed by atoms with Gasteiger partial charge in [0.15, 0.2) is 0 Å². The molecule has 0 spiro atoms. The molecule has 9 nitrogen and oxygen atoms in total. The minimum Gasteiger partial charge on any atom is -0.381 e. The van der Waals surface area contributed by atoms with Crippen LogP contribution in [0.4, 0.5) is 0 Å². The molecule has 9 fully saturated rings. The molecule has 0 amide bonds. The maximum absolute atomic E-state index is 5.58. The Balaban J connectivity index is 0.000000116. The van der Waals surface area contributed by atoms with Gasteiger partial charge in [-0.15, -0.1) is 0 Å². The molecule has 0 saturated carbocycles. The molecular formula is C38H68O9. The normalized spacial score (nSPS) is 51.7. The summed E-state index contributed by atoms with van der Waals surface area (Å²) in [5.74, 6) is 6.43. The van der Waals surface area contributed by atoms with Crippen molar-refractivity contribution in [1.82, 2.24) is 0 Å². The third-order valence-corrected chi connectivity index (χ3v) is 11.9. The second-order valence-electron chi connectivity index (χ2n) is 16.7. The van der Waals surface area contributed by atoms with E-state index >= 15 is 0 Å². The average Bonchev–Trinajstić information content (AvgIpc) is 3.89. The Labute approximate surface area is 285 Å². The third kappa shape index (κ3) is 9.12. The molecule has 9 heterocycles. The van der Waals surface area contributed by atoms with Gasteiger partial charge in [-0.3, -0.25) is 0 Å². The lowest BCUT2D eigenvalue weighted by Crippen LogP contribution is -2.23. The van der Waals surface area contributed by atoms with Gasteiger partial charge in [0, 0.05) is 60.6 Å². The summed E-state index contributed by atoms with van der Waals surface area (Å²) < 4.78 is 49.8. The average molecular weight is 669 g/mol. The Morgan fingerprint density at radius 2 is 0.362 bits per heavy atom. The lowest BCUT2D eigenvalue weighted by atomic mass is 9.99. The van der Waals surface area contributed by atoms with Crippen LogP contribution in [0.3, 0.4) is 0 Å². The van der Waals surface area contributed by atoms with Gasteiger partial charge in [0.2, 0.25) is 0 Å². The summed E-state index contributed by atoms with van der Waals surface area (Å²) in [6.07, 6.45) is 3.19. The van der Waals surface area contributed by atoms with Gasteiger partial charge in [0.25, 0.3) is 0 Å². The molecule has 47 heavy (non-hydrogen) atoms. The Morgan fingerprint density at radius 1 is 0.213 bits per heavy atom. The molecule has 0 bridgehead atoms. The molecule has 9 saturated heterocycles. The minimum atomic E-state index is 0.398. The fraction of sp³-hybridized carbons (Fsp3) is 1.00. The van der Waals surface area contributed by atoms with Gasteiger partial charge in [-0.2, -0.15) is 0 Å². The van der Waals surface area contributed by atoms with Gasteiger partial charge >= 0.3 is 0 Å². The summed E-state index contributed by atoms with van der Waals surface area (Å²) in [6, 6.07) is 0. The van der Waals surface area contributed by atoms with Crippen LogP contribution in [0.25, 0.3) is 0 Å². The Bertz CT molecular complexity index is 737. The van der Waals surface area contributed by atoms with Crippen LogP contribution in [0.1, 0.15) is 69.2 Å². The van der Waals surface area contributed by atoms with Crippen molar-refractivity contribution in [3.8, 4) is 0 Å². The molecule has 274 valence electrons. The molecule has 18 atom stereocenters. The van der Waals surface area contributed by atoms with Crippen LogP contribution in [0.5, 0.6) is 0 Å². The van der Waals surface area contributed by atoms with Gasteiger partial charge in [-0.1, -0.05) is 69.2 Å². The highest BCUT2D eigenvalue weighted by Crippen LogP contribution is 2.36. The van der Waals surface area contributed by atoms with Crippen molar-refractivity contribution in [2.75, 3.05) is 66.1 Å². The van der Waals surface area contributed by atoms with E-state index < -0.39 is 0 Å². The fourth-order valence-corrected chi connectivity index (χ4v) is 8.29. The topological polar surface area (TPSA) is 83.1 Å². The number of hydrogen-bond donors (Lipinski definition) is 0.